The van der Waals surface area contributed by atoms with E-state index in [1.807, 2.05) is 13.8 Å². The third kappa shape index (κ3) is 1.86. The summed E-state index contributed by atoms with van der Waals surface area (Å²) in [7, 11) is 0. The molecule has 0 atom stereocenters. The summed E-state index contributed by atoms with van der Waals surface area (Å²) < 4.78 is 12.3. The van der Waals surface area contributed by atoms with Gasteiger partial charge in [0.2, 0.25) is 13.3 Å². The lowest BCUT2D eigenvalue weighted by atomic mass is 10.4. The molecule has 0 fully saturated rings. The summed E-state index contributed by atoms with van der Waals surface area (Å²) in [6.45, 7) is 3.77. The summed E-state index contributed by atoms with van der Waals surface area (Å²) in [5, 5.41) is 0. The van der Waals surface area contributed by atoms with Gasteiger partial charge in [0.1, 0.15) is 0 Å². The first kappa shape index (κ1) is 7.90. The van der Waals surface area contributed by atoms with Gasteiger partial charge in [0.15, 0.2) is 0 Å². The van der Waals surface area contributed by atoms with Crippen LogP contribution < -0.4 is 0 Å². The Labute approximate surface area is 81.3 Å². The van der Waals surface area contributed by atoms with Crippen molar-refractivity contribution in [3.63, 3.8) is 0 Å². The van der Waals surface area contributed by atoms with Crippen LogP contribution in [0.15, 0.2) is 7.53 Å². The second-order valence-corrected chi connectivity index (χ2v) is 4.11. The average Bonchev–Trinajstić information content (AvgIpc) is 1.79. The lowest BCUT2D eigenvalue weighted by Gasteiger charge is -2.16. The van der Waals surface area contributed by atoms with Gasteiger partial charge in [-0.3, -0.25) is 0 Å². The second kappa shape index (κ2) is 2.44. The molecule has 1 rings (SSSR count). The molecule has 2 nitrogen and oxygen atoms in total. The van der Waals surface area contributed by atoms with Crippen molar-refractivity contribution in [3.8, 4) is 0 Å². The Hall–Kier alpha value is 0.800. The molecule has 0 unspecified atom stereocenters. The van der Waals surface area contributed by atoms with Gasteiger partial charge >= 0.3 is 0 Å². The molecule has 1 aliphatic rings. The van der Waals surface area contributed by atoms with Gasteiger partial charge in [-0.15, -0.1) is 0 Å². The predicted octanol–water partition coefficient (Wildman–Crippen LogP) is 2.77. The summed E-state index contributed by atoms with van der Waals surface area (Å²) >= 11 is 4.22. The van der Waals surface area contributed by atoms with Crippen molar-refractivity contribution >= 4 is 45.2 Å². The molecule has 0 amide bonds. The molecule has 4 heteroatoms. The van der Waals surface area contributed by atoms with Crippen molar-refractivity contribution in [1.82, 2.24) is 0 Å². The molecule has 0 radical (unpaired) electrons. The van der Waals surface area contributed by atoms with Crippen molar-refractivity contribution in [3.05, 3.63) is 7.53 Å². The zero-order chi connectivity index (χ0) is 7.07. The number of halogens is 2. The van der Waals surface area contributed by atoms with Crippen LogP contribution in [0.4, 0.5) is 0 Å². The Bertz CT molecular complexity index is 146. The Morgan fingerprint density at radius 1 is 1.11 bits per heavy atom. The zero-order valence-electron chi connectivity index (χ0n) is 5.07. The van der Waals surface area contributed by atoms with E-state index in [1.54, 1.807) is 0 Å². The highest BCUT2D eigenvalue weighted by molar-refractivity contribution is 14.1. The van der Waals surface area contributed by atoms with Gasteiger partial charge < -0.3 is 9.47 Å². The number of rotatable bonds is 0. The van der Waals surface area contributed by atoms with E-state index < -0.39 is 5.79 Å². The quantitative estimate of drug-likeness (QED) is 0.625. The van der Waals surface area contributed by atoms with Gasteiger partial charge in [0.05, 0.1) is 0 Å². The molecule has 0 aromatic rings. The van der Waals surface area contributed by atoms with Gasteiger partial charge in [0, 0.05) is 59.0 Å². The maximum atomic E-state index is 5.30. The summed E-state index contributed by atoms with van der Waals surface area (Å²) in [4.78, 5) is 0. The van der Waals surface area contributed by atoms with E-state index in [0.29, 0.717) is 0 Å². The van der Waals surface area contributed by atoms with Crippen LogP contribution in [0.5, 0.6) is 0 Å². The van der Waals surface area contributed by atoms with Gasteiger partial charge in [0.25, 0.3) is 0 Å². The number of ether oxygens (including phenoxy) is 2. The molecule has 52 valence electrons. The fraction of sp³-hybridized carbons (Fsp3) is 0.600. The predicted molar refractivity (Wildman–Crippen MR) is 51.3 cm³/mol. The van der Waals surface area contributed by atoms with Crippen molar-refractivity contribution in [2.24, 2.45) is 0 Å². The Morgan fingerprint density at radius 3 is 1.56 bits per heavy atom. The highest BCUT2D eigenvalue weighted by Crippen LogP contribution is 2.36. The standard InChI is InChI=1S/C5H6I2O2/c1-5(2)8-3(6)4(7)9-5/h1-2H3. The van der Waals surface area contributed by atoms with Gasteiger partial charge in [-0.05, 0) is 0 Å². The van der Waals surface area contributed by atoms with Crippen molar-refractivity contribution in [1.29, 1.82) is 0 Å². The molecular formula is C5H6I2O2. The number of hydrogen-bond donors (Lipinski definition) is 0. The summed E-state index contributed by atoms with van der Waals surface area (Å²) in [6, 6.07) is 0. The van der Waals surface area contributed by atoms with E-state index in [1.165, 1.54) is 0 Å². The third-order valence-electron chi connectivity index (χ3n) is 0.825. The van der Waals surface area contributed by atoms with Crippen molar-refractivity contribution in [2.45, 2.75) is 19.6 Å². The van der Waals surface area contributed by atoms with E-state index >= 15 is 0 Å². The Balaban J connectivity index is 2.70. The Morgan fingerprint density at radius 2 is 1.44 bits per heavy atom. The third-order valence-corrected chi connectivity index (χ3v) is 3.28. The van der Waals surface area contributed by atoms with Crippen LogP contribution in [0.25, 0.3) is 0 Å². The molecule has 0 saturated heterocycles. The van der Waals surface area contributed by atoms with Crippen LogP contribution in [-0.4, -0.2) is 5.79 Å². The zero-order valence-corrected chi connectivity index (χ0v) is 9.39. The first-order valence-electron chi connectivity index (χ1n) is 2.44. The Kier molecular flexibility index (Phi) is 2.15. The second-order valence-electron chi connectivity index (χ2n) is 2.15. The fourth-order valence-corrected chi connectivity index (χ4v) is 1.81. The molecule has 0 N–H and O–H groups in total. The monoisotopic (exact) mass is 352 g/mol. The van der Waals surface area contributed by atoms with Crippen LogP contribution in [0.3, 0.4) is 0 Å². The maximum Gasteiger partial charge on any atom is 0.247 e. The molecular weight excluding hydrogens is 346 g/mol. The van der Waals surface area contributed by atoms with E-state index in [0.717, 1.165) is 7.53 Å². The minimum Gasteiger partial charge on any atom is -0.443 e. The molecule has 0 bridgehead atoms. The van der Waals surface area contributed by atoms with E-state index in [4.69, 9.17) is 9.47 Å². The van der Waals surface area contributed by atoms with Gasteiger partial charge in [-0.2, -0.15) is 0 Å². The minimum absolute atomic E-state index is 0.451. The molecule has 0 spiro atoms. The van der Waals surface area contributed by atoms with Gasteiger partial charge in [-0.1, -0.05) is 0 Å². The first-order chi connectivity index (χ1) is 4.01. The minimum atomic E-state index is -0.451. The highest BCUT2D eigenvalue weighted by atomic mass is 127. The molecule has 1 aliphatic heterocycles. The van der Waals surface area contributed by atoms with Crippen LogP contribution in [-0.2, 0) is 9.47 Å². The van der Waals surface area contributed by atoms with Crippen LogP contribution >= 0.6 is 45.2 Å². The highest BCUT2D eigenvalue weighted by Gasteiger charge is 2.31. The summed E-state index contributed by atoms with van der Waals surface area (Å²) in [6.07, 6.45) is 0. The van der Waals surface area contributed by atoms with Crippen LogP contribution in [0.1, 0.15) is 13.8 Å². The number of hydrogen-bond acceptors (Lipinski definition) is 2. The molecule has 0 saturated carbocycles. The largest absolute Gasteiger partial charge is 0.443 e. The topological polar surface area (TPSA) is 18.5 Å². The molecule has 0 aliphatic carbocycles. The van der Waals surface area contributed by atoms with Crippen molar-refractivity contribution in [2.75, 3.05) is 0 Å². The maximum absolute atomic E-state index is 5.30. The van der Waals surface area contributed by atoms with E-state index in [2.05, 4.69) is 45.2 Å². The fourth-order valence-electron chi connectivity index (χ4n) is 0.533. The van der Waals surface area contributed by atoms with E-state index in [9.17, 15) is 0 Å². The van der Waals surface area contributed by atoms with E-state index in [-0.39, 0.29) is 0 Å². The smallest absolute Gasteiger partial charge is 0.247 e. The molecule has 9 heavy (non-hydrogen) atoms. The van der Waals surface area contributed by atoms with Crippen LogP contribution in [0.2, 0.25) is 0 Å². The normalized spacial score (nSPS) is 23.6. The van der Waals surface area contributed by atoms with Gasteiger partial charge in [-0.25, -0.2) is 0 Å². The molecule has 0 aromatic carbocycles. The SMILES string of the molecule is CC1(C)OC(I)=C(I)O1. The first-order valence-corrected chi connectivity index (χ1v) is 4.60. The molecule has 1 heterocycles. The van der Waals surface area contributed by atoms with Crippen molar-refractivity contribution < 1.29 is 9.47 Å². The lowest BCUT2D eigenvalue weighted by Crippen LogP contribution is -2.19. The van der Waals surface area contributed by atoms with Crippen LogP contribution in [0, 0.1) is 0 Å². The average molecular weight is 352 g/mol. The molecule has 0 aromatic heterocycles. The summed E-state index contributed by atoms with van der Waals surface area (Å²) in [5.74, 6) is -0.451. The summed E-state index contributed by atoms with van der Waals surface area (Å²) in [5.41, 5.74) is 0. The lowest BCUT2D eigenvalue weighted by molar-refractivity contribution is -0.111.